The van der Waals surface area contributed by atoms with E-state index >= 15 is 0 Å². The minimum Gasteiger partial charge on any atom is -0.346 e. The number of pyridine rings is 1. The lowest BCUT2D eigenvalue weighted by atomic mass is 9.94. The lowest BCUT2D eigenvalue weighted by Gasteiger charge is -2.12. The SMILES string of the molecule is C1=C(c2cnc3[nH]cc(-c4cn[nH]c4)c3c2)CCCC1. The van der Waals surface area contributed by atoms with Crippen LogP contribution in [0.1, 0.15) is 31.2 Å². The minimum atomic E-state index is 0.932. The molecule has 4 rings (SSSR count). The second-order valence-electron chi connectivity index (χ2n) is 5.28. The topological polar surface area (TPSA) is 57.4 Å². The third-order valence-electron chi connectivity index (χ3n) is 4.00. The monoisotopic (exact) mass is 264 g/mol. The van der Waals surface area contributed by atoms with Crippen molar-refractivity contribution in [1.29, 1.82) is 0 Å². The first-order chi connectivity index (χ1) is 9.92. The highest BCUT2D eigenvalue weighted by molar-refractivity contribution is 5.94. The van der Waals surface area contributed by atoms with Gasteiger partial charge in [-0.05, 0) is 42.9 Å². The van der Waals surface area contributed by atoms with E-state index in [1.165, 1.54) is 36.8 Å². The van der Waals surface area contributed by atoms with Gasteiger partial charge < -0.3 is 4.98 Å². The fourth-order valence-corrected chi connectivity index (χ4v) is 2.92. The van der Waals surface area contributed by atoms with Crippen LogP contribution in [0.3, 0.4) is 0 Å². The summed E-state index contributed by atoms with van der Waals surface area (Å²) in [5.74, 6) is 0. The second-order valence-corrected chi connectivity index (χ2v) is 5.28. The third kappa shape index (κ3) is 1.84. The number of hydrogen-bond donors (Lipinski definition) is 2. The molecule has 100 valence electrons. The van der Waals surface area contributed by atoms with Gasteiger partial charge in [0.05, 0.1) is 6.20 Å². The zero-order valence-corrected chi connectivity index (χ0v) is 11.2. The zero-order chi connectivity index (χ0) is 13.4. The highest BCUT2D eigenvalue weighted by Gasteiger charge is 2.11. The van der Waals surface area contributed by atoms with Crippen molar-refractivity contribution in [3.63, 3.8) is 0 Å². The maximum Gasteiger partial charge on any atom is 0.137 e. The smallest absolute Gasteiger partial charge is 0.137 e. The van der Waals surface area contributed by atoms with E-state index < -0.39 is 0 Å². The Kier molecular flexibility index (Phi) is 2.66. The van der Waals surface area contributed by atoms with Crippen molar-refractivity contribution in [2.45, 2.75) is 25.7 Å². The Bertz CT molecular complexity index is 765. The molecule has 3 aromatic rings. The van der Waals surface area contributed by atoms with Crippen LogP contribution in [0.5, 0.6) is 0 Å². The van der Waals surface area contributed by atoms with E-state index in [2.05, 4.69) is 32.3 Å². The molecule has 0 amide bonds. The van der Waals surface area contributed by atoms with Crippen LogP contribution in [0.15, 0.2) is 36.9 Å². The van der Waals surface area contributed by atoms with Crippen LogP contribution in [0.25, 0.3) is 27.7 Å². The molecule has 4 nitrogen and oxygen atoms in total. The predicted octanol–water partition coefficient (Wildman–Crippen LogP) is 3.91. The molecule has 4 heteroatoms. The van der Waals surface area contributed by atoms with Crippen molar-refractivity contribution in [1.82, 2.24) is 20.2 Å². The lowest BCUT2D eigenvalue weighted by molar-refractivity contribution is 0.742. The Balaban J connectivity index is 1.85. The summed E-state index contributed by atoms with van der Waals surface area (Å²) in [4.78, 5) is 7.79. The number of nitrogens with zero attached hydrogens (tertiary/aromatic N) is 2. The summed E-state index contributed by atoms with van der Waals surface area (Å²) in [6.45, 7) is 0. The highest BCUT2D eigenvalue weighted by Crippen LogP contribution is 2.31. The van der Waals surface area contributed by atoms with Gasteiger partial charge in [0, 0.05) is 35.1 Å². The molecule has 0 fully saturated rings. The molecular weight excluding hydrogens is 248 g/mol. The number of fused-ring (bicyclic) bond motifs is 1. The first-order valence-electron chi connectivity index (χ1n) is 7.07. The summed E-state index contributed by atoms with van der Waals surface area (Å²) in [7, 11) is 0. The number of nitrogens with one attached hydrogen (secondary N) is 2. The average molecular weight is 264 g/mol. The molecule has 20 heavy (non-hydrogen) atoms. The van der Waals surface area contributed by atoms with Gasteiger partial charge in [-0.2, -0.15) is 5.10 Å². The number of aromatic nitrogens is 4. The fraction of sp³-hybridized carbons (Fsp3) is 0.250. The molecule has 0 atom stereocenters. The van der Waals surface area contributed by atoms with Crippen LogP contribution in [0.4, 0.5) is 0 Å². The van der Waals surface area contributed by atoms with Gasteiger partial charge in [0.1, 0.15) is 5.65 Å². The number of H-pyrrole nitrogens is 2. The summed E-state index contributed by atoms with van der Waals surface area (Å²) in [6.07, 6.45) is 15.0. The van der Waals surface area contributed by atoms with Crippen molar-refractivity contribution in [3.05, 3.63) is 42.5 Å². The lowest BCUT2D eigenvalue weighted by Crippen LogP contribution is -1.92. The molecule has 0 saturated heterocycles. The van der Waals surface area contributed by atoms with E-state index in [0.717, 1.165) is 22.2 Å². The molecule has 0 bridgehead atoms. The molecule has 0 unspecified atom stereocenters. The predicted molar refractivity (Wildman–Crippen MR) is 80.1 cm³/mol. The van der Waals surface area contributed by atoms with Gasteiger partial charge in [0.2, 0.25) is 0 Å². The third-order valence-corrected chi connectivity index (χ3v) is 4.00. The van der Waals surface area contributed by atoms with Gasteiger partial charge in [0.25, 0.3) is 0 Å². The van der Waals surface area contributed by atoms with E-state index in [1.54, 1.807) is 0 Å². The molecule has 0 aromatic carbocycles. The van der Waals surface area contributed by atoms with Crippen LogP contribution < -0.4 is 0 Å². The van der Waals surface area contributed by atoms with Crippen LogP contribution in [0.2, 0.25) is 0 Å². The van der Waals surface area contributed by atoms with E-state index in [0.29, 0.717) is 0 Å². The van der Waals surface area contributed by atoms with Crippen LogP contribution in [-0.2, 0) is 0 Å². The molecule has 0 saturated carbocycles. The Morgan fingerprint density at radius 3 is 2.85 bits per heavy atom. The summed E-state index contributed by atoms with van der Waals surface area (Å²) >= 11 is 0. The zero-order valence-electron chi connectivity index (χ0n) is 11.2. The molecule has 1 aliphatic rings. The van der Waals surface area contributed by atoms with Gasteiger partial charge in [-0.3, -0.25) is 5.10 Å². The number of allylic oxidation sites excluding steroid dienone is 2. The Hall–Kier alpha value is -2.36. The van der Waals surface area contributed by atoms with Crippen LogP contribution in [-0.4, -0.2) is 20.2 Å². The second kappa shape index (κ2) is 4.63. The number of rotatable bonds is 2. The average Bonchev–Trinajstić information content (AvgIpc) is 3.16. The fourth-order valence-electron chi connectivity index (χ4n) is 2.92. The van der Waals surface area contributed by atoms with Crippen molar-refractivity contribution >= 4 is 16.6 Å². The Labute approximate surface area is 116 Å². The highest BCUT2D eigenvalue weighted by atomic mass is 15.1. The Morgan fingerprint density at radius 1 is 1.05 bits per heavy atom. The summed E-state index contributed by atoms with van der Waals surface area (Å²) in [5, 5.41) is 8.05. The maximum absolute atomic E-state index is 4.56. The number of hydrogen-bond acceptors (Lipinski definition) is 2. The summed E-state index contributed by atoms with van der Waals surface area (Å²) < 4.78 is 0. The minimum absolute atomic E-state index is 0.932. The van der Waals surface area contributed by atoms with E-state index in [-0.39, 0.29) is 0 Å². The van der Waals surface area contributed by atoms with Crippen molar-refractivity contribution in [2.75, 3.05) is 0 Å². The van der Waals surface area contributed by atoms with Crippen LogP contribution in [0, 0.1) is 0 Å². The van der Waals surface area contributed by atoms with Gasteiger partial charge in [-0.25, -0.2) is 4.98 Å². The normalized spacial score (nSPS) is 15.5. The van der Waals surface area contributed by atoms with E-state index in [4.69, 9.17) is 0 Å². The molecule has 0 radical (unpaired) electrons. The quantitative estimate of drug-likeness (QED) is 0.737. The molecule has 0 aliphatic heterocycles. The van der Waals surface area contributed by atoms with Crippen molar-refractivity contribution < 1.29 is 0 Å². The molecule has 0 spiro atoms. The van der Waals surface area contributed by atoms with Gasteiger partial charge in [-0.15, -0.1) is 0 Å². The van der Waals surface area contributed by atoms with Gasteiger partial charge in [0.15, 0.2) is 0 Å². The largest absolute Gasteiger partial charge is 0.346 e. The van der Waals surface area contributed by atoms with Crippen molar-refractivity contribution in [2.24, 2.45) is 0 Å². The summed E-state index contributed by atoms with van der Waals surface area (Å²) in [5.41, 5.74) is 5.86. The van der Waals surface area contributed by atoms with Crippen LogP contribution >= 0.6 is 0 Å². The van der Waals surface area contributed by atoms with E-state index in [9.17, 15) is 0 Å². The van der Waals surface area contributed by atoms with Crippen molar-refractivity contribution in [3.8, 4) is 11.1 Å². The summed E-state index contributed by atoms with van der Waals surface area (Å²) in [6, 6.07) is 2.25. The maximum atomic E-state index is 4.56. The van der Waals surface area contributed by atoms with E-state index in [1.807, 2.05) is 24.8 Å². The van der Waals surface area contributed by atoms with Gasteiger partial charge in [-0.1, -0.05) is 6.08 Å². The molecule has 1 aliphatic carbocycles. The molecular formula is C16H16N4. The first-order valence-corrected chi connectivity index (χ1v) is 7.07. The molecule has 2 N–H and O–H groups in total. The Morgan fingerprint density at radius 2 is 2.05 bits per heavy atom. The molecule has 3 aromatic heterocycles. The number of aromatic amines is 2. The van der Waals surface area contributed by atoms with Gasteiger partial charge >= 0.3 is 0 Å². The first kappa shape index (κ1) is 11.5. The standard InChI is InChI=1S/C16H16N4/c1-2-4-11(5-3-1)12-6-14-15(13-8-19-20-9-13)10-18-16(14)17-7-12/h4,6-10H,1-3,5H2,(H,17,18)(H,19,20). The molecule has 3 heterocycles.